The molecule has 0 atom stereocenters. The predicted molar refractivity (Wildman–Crippen MR) is 64.1 cm³/mol. The first kappa shape index (κ1) is 12.4. The van der Waals surface area contributed by atoms with Gasteiger partial charge in [-0.2, -0.15) is 0 Å². The van der Waals surface area contributed by atoms with Crippen molar-refractivity contribution in [1.82, 2.24) is 0 Å². The normalized spacial score (nSPS) is 11.1. The molecule has 92 valence electrons. The predicted octanol–water partition coefficient (Wildman–Crippen LogP) is 3.72. The summed E-state index contributed by atoms with van der Waals surface area (Å²) >= 11 is 0. The van der Waals surface area contributed by atoms with Crippen molar-refractivity contribution in [2.75, 3.05) is 0 Å². The van der Waals surface area contributed by atoms with E-state index in [0.29, 0.717) is 0 Å². The molecule has 0 saturated heterocycles. The summed E-state index contributed by atoms with van der Waals surface area (Å²) in [5.74, 6) is -3.13. The van der Waals surface area contributed by atoms with Crippen molar-refractivity contribution in [3.05, 3.63) is 71.0 Å². The highest BCUT2D eigenvalue weighted by molar-refractivity contribution is 5.80. The summed E-state index contributed by atoms with van der Waals surface area (Å²) in [4.78, 5) is 3.90. The molecule has 2 aromatic carbocycles. The number of halogens is 3. The van der Waals surface area contributed by atoms with Crippen LogP contribution in [-0.4, -0.2) is 6.21 Å². The van der Waals surface area contributed by atoms with E-state index < -0.39 is 23.0 Å². The number of nitrogens with zero attached hydrogens (tertiary/aromatic N) is 1. The van der Waals surface area contributed by atoms with Crippen molar-refractivity contribution < 1.29 is 13.2 Å². The van der Waals surface area contributed by atoms with Crippen LogP contribution in [0.4, 0.5) is 13.2 Å². The third-order valence-electron chi connectivity index (χ3n) is 2.42. The molecule has 0 bridgehead atoms. The lowest BCUT2D eigenvalue weighted by Gasteiger charge is -2.00. The molecule has 0 unspecified atom stereocenters. The van der Waals surface area contributed by atoms with Gasteiger partial charge in [-0.1, -0.05) is 30.3 Å². The maximum absolute atomic E-state index is 13.3. The van der Waals surface area contributed by atoms with Gasteiger partial charge in [0.05, 0.1) is 12.1 Å². The zero-order chi connectivity index (χ0) is 13.0. The molecule has 4 heteroatoms. The lowest BCUT2D eigenvalue weighted by Crippen LogP contribution is -1.98. The van der Waals surface area contributed by atoms with Crippen molar-refractivity contribution in [2.24, 2.45) is 4.99 Å². The van der Waals surface area contributed by atoms with Crippen LogP contribution in [-0.2, 0) is 6.54 Å². The second-order valence-electron chi connectivity index (χ2n) is 3.71. The van der Waals surface area contributed by atoms with Gasteiger partial charge < -0.3 is 0 Å². The molecule has 1 nitrogen and oxygen atoms in total. The van der Waals surface area contributed by atoms with E-state index in [4.69, 9.17) is 0 Å². The van der Waals surface area contributed by atoms with Gasteiger partial charge in [0.2, 0.25) is 0 Å². The Morgan fingerprint density at radius 2 is 1.56 bits per heavy atom. The lowest BCUT2D eigenvalue weighted by molar-refractivity contribution is 0.493. The Morgan fingerprint density at radius 3 is 2.28 bits per heavy atom. The Kier molecular flexibility index (Phi) is 3.77. The Hall–Kier alpha value is -2.10. The van der Waals surface area contributed by atoms with Crippen LogP contribution in [0.5, 0.6) is 0 Å². The molecular formula is C14H10F3N. The van der Waals surface area contributed by atoms with E-state index in [-0.39, 0.29) is 6.54 Å². The summed E-state index contributed by atoms with van der Waals surface area (Å²) in [5, 5.41) is 0. The molecule has 2 aromatic rings. The fourth-order valence-corrected chi connectivity index (χ4v) is 1.49. The largest absolute Gasteiger partial charge is 0.288 e. The molecule has 0 aromatic heterocycles. The maximum atomic E-state index is 13.3. The van der Waals surface area contributed by atoms with E-state index in [1.807, 2.05) is 30.3 Å². The SMILES string of the molecule is Fc1ccc(F)c(C=NCc2ccccc2)c1F. The molecule has 0 aliphatic rings. The van der Waals surface area contributed by atoms with E-state index in [2.05, 4.69) is 4.99 Å². The third kappa shape index (κ3) is 2.77. The summed E-state index contributed by atoms with van der Waals surface area (Å²) in [5.41, 5.74) is 0.455. The van der Waals surface area contributed by atoms with Gasteiger partial charge in [-0.15, -0.1) is 0 Å². The van der Waals surface area contributed by atoms with Crippen molar-refractivity contribution in [3.8, 4) is 0 Å². The Morgan fingerprint density at radius 1 is 0.889 bits per heavy atom. The summed E-state index contributed by atoms with van der Waals surface area (Å²) in [6.45, 7) is 0.288. The summed E-state index contributed by atoms with van der Waals surface area (Å²) in [7, 11) is 0. The molecule has 0 heterocycles. The summed E-state index contributed by atoms with van der Waals surface area (Å²) in [6.07, 6.45) is 1.01. The molecule has 0 N–H and O–H groups in total. The molecule has 0 spiro atoms. The minimum absolute atomic E-state index is 0.288. The molecular weight excluding hydrogens is 239 g/mol. The molecule has 2 rings (SSSR count). The van der Waals surface area contributed by atoms with E-state index in [1.54, 1.807) is 0 Å². The monoisotopic (exact) mass is 249 g/mol. The summed E-state index contributed by atoms with van der Waals surface area (Å²) in [6, 6.07) is 10.9. The first-order valence-electron chi connectivity index (χ1n) is 5.35. The molecule has 0 radical (unpaired) electrons. The van der Waals surface area contributed by atoms with Gasteiger partial charge in [0.15, 0.2) is 11.6 Å². The fraction of sp³-hybridized carbons (Fsp3) is 0.0714. The standard InChI is InChI=1S/C14H10F3N/c15-12-6-7-13(16)14(17)11(12)9-18-8-10-4-2-1-3-5-10/h1-7,9H,8H2. The smallest absolute Gasteiger partial charge is 0.170 e. The highest BCUT2D eigenvalue weighted by Gasteiger charge is 2.11. The van der Waals surface area contributed by atoms with Crippen LogP contribution in [0.15, 0.2) is 47.5 Å². The van der Waals surface area contributed by atoms with Crippen molar-refractivity contribution in [3.63, 3.8) is 0 Å². The molecule has 0 aliphatic heterocycles. The quantitative estimate of drug-likeness (QED) is 0.580. The van der Waals surface area contributed by atoms with E-state index >= 15 is 0 Å². The van der Waals surface area contributed by atoms with Crippen LogP contribution in [0, 0.1) is 17.5 Å². The van der Waals surface area contributed by atoms with Crippen LogP contribution in [0.2, 0.25) is 0 Å². The lowest BCUT2D eigenvalue weighted by atomic mass is 10.2. The van der Waals surface area contributed by atoms with Crippen LogP contribution in [0.25, 0.3) is 0 Å². The van der Waals surface area contributed by atoms with Crippen LogP contribution in [0.3, 0.4) is 0 Å². The third-order valence-corrected chi connectivity index (χ3v) is 2.42. The Balaban J connectivity index is 2.17. The molecule has 0 amide bonds. The first-order valence-corrected chi connectivity index (χ1v) is 5.35. The topological polar surface area (TPSA) is 12.4 Å². The Bertz CT molecular complexity index is 565. The van der Waals surface area contributed by atoms with E-state index in [0.717, 1.165) is 23.9 Å². The maximum Gasteiger partial charge on any atom is 0.170 e. The zero-order valence-corrected chi connectivity index (χ0v) is 9.41. The van der Waals surface area contributed by atoms with E-state index in [9.17, 15) is 13.2 Å². The van der Waals surface area contributed by atoms with E-state index in [1.165, 1.54) is 0 Å². The van der Waals surface area contributed by atoms with Gasteiger partial charge in [0.1, 0.15) is 5.82 Å². The molecule has 0 aliphatic carbocycles. The average Bonchev–Trinajstić information content (AvgIpc) is 2.39. The van der Waals surface area contributed by atoms with Crippen molar-refractivity contribution in [1.29, 1.82) is 0 Å². The van der Waals surface area contributed by atoms with Gasteiger partial charge in [-0.05, 0) is 17.7 Å². The summed E-state index contributed by atoms with van der Waals surface area (Å²) < 4.78 is 39.4. The highest BCUT2D eigenvalue weighted by Crippen LogP contribution is 2.14. The van der Waals surface area contributed by atoms with Crippen LogP contribution < -0.4 is 0 Å². The van der Waals surface area contributed by atoms with Gasteiger partial charge >= 0.3 is 0 Å². The minimum Gasteiger partial charge on any atom is -0.288 e. The highest BCUT2D eigenvalue weighted by atomic mass is 19.2. The second kappa shape index (κ2) is 5.49. The number of aliphatic imine (C=N–C) groups is 1. The van der Waals surface area contributed by atoms with Gasteiger partial charge in [-0.3, -0.25) is 4.99 Å². The number of hydrogen-bond donors (Lipinski definition) is 0. The van der Waals surface area contributed by atoms with Gasteiger partial charge in [-0.25, -0.2) is 13.2 Å². The molecule has 0 saturated carbocycles. The van der Waals surface area contributed by atoms with Crippen LogP contribution in [0.1, 0.15) is 11.1 Å². The molecule has 18 heavy (non-hydrogen) atoms. The average molecular weight is 249 g/mol. The minimum atomic E-state index is -1.22. The van der Waals surface area contributed by atoms with Crippen LogP contribution >= 0.6 is 0 Å². The second-order valence-corrected chi connectivity index (χ2v) is 3.71. The first-order chi connectivity index (χ1) is 8.68. The fourth-order valence-electron chi connectivity index (χ4n) is 1.49. The van der Waals surface area contributed by atoms with Crippen molar-refractivity contribution in [2.45, 2.75) is 6.54 Å². The Labute approximate surface area is 103 Å². The van der Waals surface area contributed by atoms with Crippen molar-refractivity contribution >= 4 is 6.21 Å². The van der Waals surface area contributed by atoms with Gasteiger partial charge in [0, 0.05) is 6.21 Å². The number of rotatable bonds is 3. The van der Waals surface area contributed by atoms with Gasteiger partial charge in [0.25, 0.3) is 0 Å². The number of benzene rings is 2. The zero-order valence-electron chi connectivity index (χ0n) is 9.41. The number of hydrogen-bond acceptors (Lipinski definition) is 1. The molecule has 0 fully saturated rings.